The van der Waals surface area contributed by atoms with E-state index in [-0.39, 0.29) is 6.54 Å². The molecule has 0 saturated heterocycles. The van der Waals surface area contributed by atoms with E-state index in [4.69, 9.17) is 21.1 Å². The van der Waals surface area contributed by atoms with Crippen molar-refractivity contribution in [2.45, 2.75) is 6.54 Å². The standard InChI is InChI=1S/C7H8NO3/c8-3-4-1-5(9)7(11)6(10)2-4/h1-2,8-11H,3H2. The van der Waals surface area contributed by atoms with Gasteiger partial charge in [-0.15, -0.1) is 0 Å². The monoisotopic (exact) mass is 154 g/mol. The van der Waals surface area contributed by atoms with Gasteiger partial charge in [0.05, 0.1) is 0 Å². The molecule has 0 fully saturated rings. The largest absolute Gasteiger partial charge is 0.504 e. The van der Waals surface area contributed by atoms with Crippen LogP contribution in [0.2, 0.25) is 0 Å². The van der Waals surface area contributed by atoms with Gasteiger partial charge in [-0.3, -0.25) is 5.73 Å². The van der Waals surface area contributed by atoms with Crippen molar-refractivity contribution in [1.29, 1.82) is 0 Å². The average molecular weight is 154 g/mol. The first-order chi connectivity index (χ1) is 5.15. The first kappa shape index (κ1) is 7.68. The Bertz CT molecular complexity index is 249. The van der Waals surface area contributed by atoms with Gasteiger partial charge in [0, 0.05) is 6.54 Å². The van der Waals surface area contributed by atoms with Crippen molar-refractivity contribution in [3.8, 4) is 17.2 Å². The van der Waals surface area contributed by atoms with Crippen LogP contribution in [0.1, 0.15) is 5.56 Å². The zero-order chi connectivity index (χ0) is 8.43. The molecule has 0 aromatic heterocycles. The molecule has 4 heteroatoms. The molecule has 0 heterocycles. The fraction of sp³-hybridized carbons (Fsp3) is 0.143. The third-order valence-electron chi connectivity index (χ3n) is 1.33. The summed E-state index contributed by atoms with van der Waals surface area (Å²) in [6.07, 6.45) is 0. The lowest BCUT2D eigenvalue weighted by Crippen LogP contribution is -1.84. The fourth-order valence-corrected chi connectivity index (χ4v) is 0.763. The highest BCUT2D eigenvalue weighted by Gasteiger charge is 2.06. The molecule has 1 aromatic carbocycles. The number of rotatable bonds is 1. The second-order valence-corrected chi connectivity index (χ2v) is 2.16. The fourth-order valence-electron chi connectivity index (χ4n) is 0.763. The Labute approximate surface area is 63.5 Å². The molecule has 0 unspecified atom stereocenters. The third kappa shape index (κ3) is 1.35. The van der Waals surface area contributed by atoms with Crippen molar-refractivity contribution in [1.82, 2.24) is 5.73 Å². The van der Waals surface area contributed by atoms with E-state index >= 15 is 0 Å². The summed E-state index contributed by atoms with van der Waals surface area (Å²) in [5.41, 5.74) is 7.36. The molecule has 1 rings (SSSR count). The Balaban J connectivity index is 3.21. The number of aromatic hydroxyl groups is 3. The third-order valence-corrected chi connectivity index (χ3v) is 1.33. The van der Waals surface area contributed by atoms with Gasteiger partial charge in [-0.05, 0) is 17.7 Å². The van der Waals surface area contributed by atoms with Crippen molar-refractivity contribution < 1.29 is 15.3 Å². The molecule has 0 aliphatic carbocycles. The molecule has 11 heavy (non-hydrogen) atoms. The van der Waals surface area contributed by atoms with Crippen LogP contribution in [0.3, 0.4) is 0 Å². The Hall–Kier alpha value is -1.42. The molecule has 0 saturated carbocycles. The van der Waals surface area contributed by atoms with Crippen molar-refractivity contribution >= 4 is 0 Å². The smallest absolute Gasteiger partial charge is 0.200 e. The predicted molar refractivity (Wildman–Crippen MR) is 38.2 cm³/mol. The lowest BCUT2D eigenvalue weighted by Gasteiger charge is -2.02. The van der Waals surface area contributed by atoms with Gasteiger partial charge in [0.15, 0.2) is 17.2 Å². The lowest BCUT2D eigenvalue weighted by molar-refractivity contribution is 0.367. The van der Waals surface area contributed by atoms with Gasteiger partial charge in [-0.2, -0.15) is 0 Å². The summed E-state index contributed by atoms with van der Waals surface area (Å²) >= 11 is 0. The molecule has 0 spiro atoms. The molecule has 0 aliphatic heterocycles. The minimum Gasteiger partial charge on any atom is -0.504 e. The second kappa shape index (κ2) is 2.67. The molecular formula is C7H8NO3. The topological polar surface area (TPSA) is 84.5 Å². The highest BCUT2D eigenvalue weighted by atomic mass is 16.3. The van der Waals surface area contributed by atoms with Crippen LogP contribution in [0.25, 0.3) is 0 Å². The molecule has 0 atom stereocenters. The Kier molecular flexibility index (Phi) is 1.87. The quantitative estimate of drug-likeness (QED) is 0.517. The van der Waals surface area contributed by atoms with E-state index in [1.54, 1.807) is 0 Å². The van der Waals surface area contributed by atoms with Crippen LogP contribution in [0.15, 0.2) is 12.1 Å². The Morgan fingerprint density at radius 2 is 1.55 bits per heavy atom. The van der Waals surface area contributed by atoms with Crippen molar-refractivity contribution in [3.63, 3.8) is 0 Å². The maximum atomic E-state index is 8.92. The number of benzene rings is 1. The van der Waals surface area contributed by atoms with Gasteiger partial charge in [0.25, 0.3) is 0 Å². The van der Waals surface area contributed by atoms with Gasteiger partial charge < -0.3 is 15.3 Å². The molecule has 1 radical (unpaired) electrons. The number of phenolic OH excluding ortho intramolecular Hbond substituents is 3. The van der Waals surface area contributed by atoms with E-state index < -0.39 is 17.2 Å². The SMILES string of the molecule is [NH]Cc1cc(O)c(O)c(O)c1. The number of phenols is 3. The first-order valence-corrected chi connectivity index (χ1v) is 3.03. The van der Waals surface area contributed by atoms with E-state index in [1.807, 2.05) is 0 Å². The average Bonchev–Trinajstić information content (AvgIpc) is 1.99. The van der Waals surface area contributed by atoms with Crippen LogP contribution in [0, 0.1) is 0 Å². The minimum absolute atomic E-state index is 0.0403. The van der Waals surface area contributed by atoms with Crippen LogP contribution in [-0.2, 0) is 6.54 Å². The highest BCUT2D eigenvalue weighted by Crippen LogP contribution is 2.35. The number of hydrogen-bond donors (Lipinski definition) is 3. The summed E-state index contributed by atoms with van der Waals surface area (Å²) in [4.78, 5) is 0. The summed E-state index contributed by atoms with van der Waals surface area (Å²) in [5.74, 6) is -1.33. The lowest BCUT2D eigenvalue weighted by atomic mass is 10.2. The molecule has 59 valence electrons. The summed E-state index contributed by atoms with van der Waals surface area (Å²) in [6.45, 7) is -0.0403. The maximum Gasteiger partial charge on any atom is 0.200 e. The normalized spacial score (nSPS) is 9.91. The number of hydrogen-bond acceptors (Lipinski definition) is 3. The van der Waals surface area contributed by atoms with Gasteiger partial charge in [0.2, 0.25) is 0 Å². The van der Waals surface area contributed by atoms with E-state index in [1.165, 1.54) is 12.1 Å². The minimum atomic E-state index is -0.540. The summed E-state index contributed by atoms with van der Waals surface area (Å²) < 4.78 is 0. The Morgan fingerprint density at radius 3 is 1.91 bits per heavy atom. The Morgan fingerprint density at radius 1 is 1.09 bits per heavy atom. The van der Waals surface area contributed by atoms with Gasteiger partial charge >= 0.3 is 0 Å². The second-order valence-electron chi connectivity index (χ2n) is 2.16. The van der Waals surface area contributed by atoms with Crippen molar-refractivity contribution in [2.24, 2.45) is 0 Å². The summed E-state index contributed by atoms with van der Waals surface area (Å²) in [7, 11) is 0. The van der Waals surface area contributed by atoms with E-state index in [0.717, 1.165) is 0 Å². The van der Waals surface area contributed by atoms with Crippen LogP contribution >= 0.6 is 0 Å². The van der Waals surface area contributed by atoms with Crippen LogP contribution in [-0.4, -0.2) is 15.3 Å². The molecular weight excluding hydrogens is 146 g/mol. The van der Waals surface area contributed by atoms with Crippen LogP contribution in [0.5, 0.6) is 17.2 Å². The van der Waals surface area contributed by atoms with E-state index in [0.29, 0.717) is 5.56 Å². The van der Waals surface area contributed by atoms with Crippen LogP contribution < -0.4 is 5.73 Å². The summed E-state index contributed by atoms with van der Waals surface area (Å²) in [6, 6.07) is 2.48. The van der Waals surface area contributed by atoms with Gasteiger partial charge in [0.1, 0.15) is 0 Å². The van der Waals surface area contributed by atoms with Gasteiger partial charge in [-0.25, -0.2) is 0 Å². The van der Waals surface area contributed by atoms with E-state index in [9.17, 15) is 0 Å². The van der Waals surface area contributed by atoms with E-state index in [2.05, 4.69) is 0 Å². The zero-order valence-corrected chi connectivity index (χ0v) is 5.70. The molecule has 0 bridgehead atoms. The predicted octanol–water partition coefficient (Wildman–Crippen LogP) is 0.586. The zero-order valence-electron chi connectivity index (χ0n) is 5.70. The number of nitrogens with one attached hydrogen (secondary N) is 1. The van der Waals surface area contributed by atoms with Gasteiger partial charge in [-0.1, -0.05) is 0 Å². The van der Waals surface area contributed by atoms with Crippen molar-refractivity contribution in [2.75, 3.05) is 0 Å². The highest BCUT2D eigenvalue weighted by molar-refractivity contribution is 5.50. The molecule has 4 nitrogen and oxygen atoms in total. The molecule has 4 N–H and O–H groups in total. The molecule has 1 aromatic rings. The van der Waals surface area contributed by atoms with Crippen LogP contribution in [0.4, 0.5) is 0 Å². The summed E-state index contributed by atoms with van der Waals surface area (Å²) in [5, 5.41) is 26.7. The van der Waals surface area contributed by atoms with Crippen molar-refractivity contribution in [3.05, 3.63) is 17.7 Å². The molecule has 0 amide bonds. The first-order valence-electron chi connectivity index (χ1n) is 3.03. The maximum absolute atomic E-state index is 8.92. The molecule has 0 aliphatic rings.